The van der Waals surface area contributed by atoms with Gasteiger partial charge in [0.2, 0.25) is 0 Å². The van der Waals surface area contributed by atoms with Crippen molar-refractivity contribution < 1.29 is 0 Å². The molecule has 134 valence electrons. The van der Waals surface area contributed by atoms with Gasteiger partial charge in [0.25, 0.3) is 0 Å². The molecular weight excluding hydrogens is 318 g/mol. The number of rotatable bonds is 1. The monoisotopic (exact) mass is 345 g/mol. The molecule has 0 aromatic heterocycles. The van der Waals surface area contributed by atoms with E-state index in [0.29, 0.717) is 0 Å². The van der Waals surface area contributed by atoms with Crippen molar-refractivity contribution in [2.45, 2.75) is 62.9 Å². The van der Waals surface area contributed by atoms with Crippen LogP contribution in [0.4, 0.5) is 11.4 Å². The second kappa shape index (κ2) is 6.46. The number of hydrogen-bond donors (Lipinski definition) is 2. The van der Waals surface area contributed by atoms with Crippen LogP contribution in [0, 0.1) is 0 Å². The van der Waals surface area contributed by atoms with Crippen molar-refractivity contribution in [2.75, 3.05) is 10.6 Å². The summed E-state index contributed by atoms with van der Waals surface area (Å²) >= 11 is 0. The summed E-state index contributed by atoms with van der Waals surface area (Å²) in [6, 6.07) is 17.7. The highest BCUT2D eigenvalue weighted by molar-refractivity contribution is 6.09. The zero-order chi connectivity index (χ0) is 17.4. The number of aliphatic imine (C=N–C) groups is 1. The highest BCUT2D eigenvalue weighted by Crippen LogP contribution is 2.41. The van der Waals surface area contributed by atoms with E-state index in [0.717, 1.165) is 17.9 Å². The Bertz CT molecular complexity index is 833. The van der Waals surface area contributed by atoms with Crippen LogP contribution >= 0.6 is 0 Å². The molecule has 0 bridgehead atoms. The van der Waals surface area contributed by atoms with Gasteiger partial charge in [-0.25, -0.2) is 0 Å². The van der Waals surface area contributed by atoms with E-state index in [1.54, 1.807) is 0 Å². The summed E-state index contributed by atoms with van der Waals surface area (Å²) in [6.45, 7) is 0. The summed E-state index contributed by atoms with van der Waals surface area (Å²) in [6.07, 6.45) is 9.80. The van der Waals surface area contributed by atoms with E-state index in [1.807, 2.05) is 0 Å². The fourth-order valence-corrected chi connectivity index (χ4v) is 4.96. The molecule has 1 unspecified atom stereocenters. The first-order chi connectivity index (χ1) is 12.8. The average molecular weight is 345 g/mol. The first kappa shape index (κ1) is 15.9. The van der Waals surface area contributed by atoms with Crippen molar-refractivity contribution in [1.29, 1.82) is 0 Å². The Morgan fingerprint density at radius 3 is 2.50 bits per heavy atom. The molecule has 3 heteroatoms. The minimum Gasteiger partial charge on any atom is -0.371 e. The Morgan fingerprint density at radius 2 is 1.62 bits per heavy atom. The number of hydrogen-bond acceptors (Lipinski definition) is 2. The number of fused-ring (bicyclic) bond motifs is 2. The second-order valence-electron chi connectivity index (χ2n) is 8.02. The van der Waals surface area contributed by atoms with Crippen molar-refractivity contribution in [3.05, 3.63) is 59.7 Å². The lowest BCUT2D eigenvalue weighted by molar-refractivity contribution is 0.400. The summed E-state index contributed by atoms with van der Waals surface area (Å²) in [5.74, 6) is 1.16. The topological polar surface area (TPSA) is 36.4 Å². The highest BCUT2D eigenvalue weighted by Gasteiger charge is 2.41. The lowest BCUT2D eigenvalue weighted by atomic mass is 9.78. The summed E-state index contributed by atoms with van der Waals surface area (Å²) < 4.78 is 0. The molecule has 1 saturated carbocycles. The van der Waals surface area contributed by atoms with Crippen molar-refractivity contribution in [2.24, 2.45) is 4.99 Å². The molecular formula is C23H27N3. The molecule has 1 fully saturated rings. The van der Waals surface area contributed by atoms with Crippen LogP contribution in [0.15, 0.2) is 53.5 Å². The van der Waals surface area contributed by atoms with E-state index in [4.69, 9.17) is 4.99 Å². The third-order valence-electron chi connectivity index (χ3n) is 6.34. The molecule has 2 aromatic carbocycles. The third-order valence-corrected chi connectivity index (χ3v) is 6.34. The first-order valence-corrected chi connectivity index (χ1v) is 10.1. The SMILES string of the molecule is c1ccc2c(c1)CCCC2N=C1Nc2ccccc2NC12CCCCC2. The zero-order valence-corrected chi connectivity index (χ0v) is 15.3. The van der Waals surface area contributed by atoms with Gasteiger partial charge in [0.05, 0.1) is 23.0 Å². The smallest absolute Gasteiger partial charge is 0.127 e. The standard InChI is InChI=1S/C23H27N3/c1-6-15-23(16-7-1)22(25-20-12-4-5-13-21(20)26-23)24-19-14-8-10-17-9-2-3-11-18(17)19/h2-5,9,11-13,19,26H,1,6-8,10,14-16H2,(H,24,25). The number of nitrogens with zero attached hydrogens (tertiary/aromatic N) is 1. The number of amidine groups is 1. The lowest BCUT2D eigenvalue weighted by Gasteiger charge is -2.44. The average Bonchev–Trinajstić information content (AvgIpc) is 2.69. The molecule has 1 atom stereocenters. The molecule has 3 aliphatic rings. The van der Waals surface area contributed by atoms with Crippen molar-refractivity contribution in [3.63, 3.8) is 0 Å². The maximum Gasteiger partial charge on any atom is 0.127 e. The van der Waals surface area contributed by atoms with E-state index >= 15 is 0 Å². The van der Waals surface area contributed by atoms with E-state index < -0.39 is 0 Å². The van der Waals surface area contributed by atoms with Crippen molar-refractivity contribution in [1.82, 2.24) is 0 Å². The summed E-state index contributed by atoms with van der Waals surface area (Å²) in [4.78, 5) is 5.36. The van der Waals surface area contributed by atoms with Crippen LogP contribution in [0.25, 0.3) is 0 Å². The molecule has 0 radical (unpaired) electrons. The molecule has 1 spiro atoms. The zero-order valence-electron chi connectivity index (χ0n) is 15.3. The van der Waals surface area contributed by atoms with Gasteiger partial charge in [-0.3, -0.25) is 4.99 Å². The highest BCUT2D eigenvalue weighted by atomic mass is 15.2. The fourth-order valence-electron chi connectivity index (χ4n) is 4.96. The predicted octanol–water partition coefficient (Wildman–Crippen LogP) is 5.70. The normalized spacial score (nSPS) is 25.1. The van der Waals surface area contributed by atoms with Crippen LogP contribution in [0.5, 0.6) is 0 Å². The lowest BCUT2D eigenvalue weighted by Crippen LogP contribution is -2.54. The maximum absolute atomic E-state index is 5.36. The summed E-state index contributed by atoms with van der Waals surface area (Å²) in [5, 5.41) is 7.61. The Morgan fingerprint density at radius 1 is 0.846 bits per heavy atom. The first-order valence-electron chi connectivity index (χ1n) is 10.1. The van der Waals surface area contributed by atoms with Crippen molar-refractivity contribution in [3.8, 4) is 0 Å². The molecule has 2 aliphatic carbocycles. The minimum absolute atomic E-state index is 0.0149. The van der Waals surface area contributed by atoms with Gasteiger partial charge in [-0.1, -0.05) is 55.7 Å². The quantitative estimate of drug-likeness (QED) is 0.695. The summed E-state index contributed by atoms with van der Waals surface area (Å²) in [7, 11) is 0. The van der Waals surface area contributed by atoms with Gasteiger partial charge in [-0.05, 0) is 55.4 Å². The van der Waals surface area contributed by atoms with E-state index in [9.17, 15) is 0 Å². The molecule has 26 heavy (non-hydrogen) atoms. The van der Waals surface area contributed by atoms with Crippen LogP contribution < -0.4 is 10.6 Å². The summed E-state index contributed by atoms with van der Waals surface area (Å²) in [5.41, 5.74) is 5.27. The largest absolute Gasteiger partial charge is 0.371 e. The Hall–Kier alpha value is -2.29. The van der Waals surface area contributed by atoms with Crippen LogP contribution in [0.2, 0.25) is 0 Å². The Labute approximate surface area is 155 Å². The van der Waals surface area contributed by atoms with Gasteiger partial charge < -0.3 is 10.6 Å². The van der Waals surface area contributed by atoms with Crippen LogP contribution in [-0.2, 0) is 6.42 Å². The van der Waals surface area contributed by atoms with Gasteiger partial charge in [0, 0.05) is 0 Å². The maximum atomic E-state index is 5.36. The molecule has 2 N–H and O–H groups in total. The van der Waals surface area contributed by atoms with E-state index in [1.165, 1.54) is 61.8 Å². The molecule has 0 saturated heterocycles. The second-order valence-corrected chi connectivity index (χ2v) is 8.02. The van der Waals surface area contributed by atoms with Crippen LogP contribution in [0.1, 0.15) is 62.1 Å². The molecule has 5 rings (SSSR count). The van der Waals surface area contributed by atoms with E-state index in [2.05, 4.69) is 59.2 Å². The number of benzene rings is 2. The molecule has 3 nitrogen and oxygen atoms in total. The van der Waals surface area contributed by atoms with Gasteiger partial charge >= 0.3 is 0 Å². The number of para-hydroxylation sites is 2. The Balaban J connectivity index is 1.57. The van der Waals surface area contributed by atoms with Crippen LogP contribution in [0.3, 0.4) is 0 Å². The molecule has 1 aliphatic heterocycles. The van der Waals surface area contributed by atoms with Gasteiger partial charge in [0.15, 0.2) is 0 Å². The van der Waals surface area contributed by atoms with Gasteiger partial charge in [-0.2, -0.15) is 0 Å². The van der Waals surface area contributed by atoms with Crippen molar-refractivity contribution >= 4 is 17.2 Å². The molecule has 0 amide bonds. The molecule has 1 heterocycles. The molecule has 2 aromatic rings. The Kier molecular flexibility index (Phi) is 3.96. The minimum atomic E-state index is -0.0149. The third kappa shape index (κ3) is 2.70. The number of nitrogens with one attached hydrogen (secondary N) is 2. The number of anilines is 2. The van der Waals surface area contributed by atoms with Gasteiger partial charge in [-0.15, -0.1) is 0 Å². The fraction of sp³-hybridized carbons (Fsp3) is 0.435. The predicted molar refractivity (Wildman–Crippen MR) is 109 cm³/mol. The number of aryl methyl sites for hydroxylation is 1. The van der Waals surface area contributed by atoms with Gasteiger partial charge in [0.1, 0.15) is 5.84 Å². The van der Waals surface area contributed by atoms with Crippen LogP contribution in [-0.4, -0.2) is 11.4 Å². The van der Waals surface area contributed by atoms with E-state index in [-0.39, 0.29) is 11.6 Å².